The highest BCUT2D eigenvalue weighted by atomic mass is 35.5. The first-order chi connectivity index (χ1) is 5.33. The van der Waals surface area contributed by atoms with E-state index in [9.17, 15) is 0 Å². The molecule has 0 aliphatic heterocycles. The first-order valence-corrected chi connectivity index (χ1v) is 4.07. The molecule has 0 aliphatic rings. The van der Waals surface area contributed by atoms with Gasteiger partial charge in [0.1, 0.15) is 0 Å². The summed E-state index contributed by atoms with van der Waals surface area (Å²) < 4.78 is 0. The van der Waals surface area contributed by atoms with E-state index >= 15 is 0 Å². The van der Waals surface area contributed by atoms with Gasteiger partial charge < -0.3 is 5.73 Å². The van der Waals surface area contributed by atoms with Gasteiger partial charge in [-0.05, 0) is 24.4 Å². The van der Waals surface area contributed by atoms with Gasteiger partial charge in [0.2, 0.25) is 0 Å². The molecule has 0 unspecified atom stereocenters. The Labute approximate surface area is 80.4 Å². The standard InChI is InChI=1S/C10H15N.ClH/c1-9(8-11)7-10-5-3-2-4-6-10;/h2-6,9H,7-8,11H2,1H3;1H/t9-;/m0./s1. The summed E-state index contributed by atoms with van der Waals surface area (Å²) in [5.41, 5.74) is 6.90. The molecule has 0 aliphatic carbocycles. The summed E-state index contributed by atoms with van der Waals surface area (Å²) in [6.45, 7) is 2.95. The van der Waals surface area contributed by atoms with Crippen LogP contribution in [0.2, 0.25) is 0 Å². The normalized spacial score (nSPS) is 11.8. The second-order valence-corrected chi connectivity index (χ2v) is 3.03. The Balaban J connectivity index is 0.00000121. The van der Waals surface area contributed by atoms with Gasteiger partial charge in [-0.1, -0.05) is 37.3 Å². The zero-order valence-corrected chi connectivity index (χ0v) is 8.18. The van der Waals surface area contributed by atoms with Gasteiger partial charge in [0.05, 0.1) is 0 Å². The van der Waals surface area contributed by atoms with Crippen LogP contribution in [0.3, 0.4) is 0 Å². The Morgan fingerprint density at radius 3 is 2.33 bits per heavy atom. The number of hydrogen-bond acceptors (Lipinski definition) is 1. The van der Waals surface area contributed by atoms with Crippen LogP contribution in [0.25, 0.3) is 0 Å². The molecular weight excluding hydrogens is 170 g/mol. The molecule has 0 amide bonds. The van der Waals surface area contributed by atoms with Crippen molar-refractivity contribution in [2.75, 3.05) is 6.54 Å². The summed E-state index contributed by atoms with van der Waals surface area (Å²) in [6, 6.07) is 10.5. The Kier molecular flexibility index (Phi) is 5.77. The lowest BCUT2D eigenvalue weighted by atomic mass is 10.0. The lowest BCUT2D eigenvalue weighted by Crippen LogP contribution is -2.12. The fourth-order valence-corrected chi connectivity index (χ4v) is 1.10. The van der Waals surface area contributed by atoms with Gasteiger partial charge in [-0.3, -0.25) is 0 Å². The van der Waals surface area contributed by atoms with Crippen LogP contribution in [0, 0.1) is 5.92 Å². The Morgan fingerprint density at radius 2 is 1.83 bits per heavy atom. The summed E-state index contributed by atoms with van der Waals surface area (Å²) in [6.07, 6.45) is 1.09. The molecule has 1 aromatic rings. The highest BCUT2D eigenvalue weighted by Crippen LogP contribution is 2.05. The van der Waals surface area contributed by atoms with Crippen molar-refractivity contribution in [1.82, 2.24) is 0 Å². The van der Waals surface area contributed by atoms with Gasteiger partial charge in [0.25, 0.3) is 0 Å². The van der Waals surface area contributed by atoms with Crippen LogP contribution in [0.4, 0.5) is 0 Å². The van der Waals surface area contributed by atoms with Crippen LogP contribution in [0.1, 0.15) is 12.5 Å². The van der Waals surface area contributed by atoms with E-state index in [1.165, 1.54) is 5.56 Å². The van der Waals surface area contributed by atoms with Crippen LogP contribution in [0.5, 0.6) is 0 Å². The first-order valence-electron chi connectivity index (χ1n) is 4.07. The maximum Gasteiger partial charge on any atom is -0.00483 e. The van der Waals surface area contributed by atoms with Crippen molar-refractivity contribution in [1.29, 1.82) is 0 Å². The third kappa shape index (κ3) is 3.74. The Morgan fingerprint density at radius 1 is 1.25 bits per heavy atom. The van der Waals surface area contributed by atoms with Gasteiger partial charge in [0.15, 0.2) is 0 Å². The molecule has 0 saturated heterocycles. The van der Waals surface area contributed by atoms with E-state index in [1.54, 1.807) is 0 Å². The van der Waals surface area contributed by atoms with Crippen LogP contribution in [-0.2, 0) is 6.42 Å². The summed E-state index contributed by atoms with van der Waals surface area (Å²) in [7, 11) is 0. The van der Waals surface area contributed by atoms with Gasteiger partial charge >= 0.3 is 0 Å². The predicted octanol–water partition coefficient (Wildman–Crippen LogP) is 2.25. The molecule has 12 heavy (non-hydrogen) atoms. The Hall–Kier alpha value is -0.530. The third-order valence-corrected chi connectivity index (χ3v) is 1.83. The molecule has 68 valence electrons. The lowest BCUT2D eigenvalue weighted by molar-refractivity contribution is 0.593. The minimum Gasteiger partial charge on any atom is -0.330 e. The van der Waals surface area contributed by atoms with Crippen molar-refractivity contribution in [3.8, 4) is 0 Å². The topological polar surface area (TPSA) is 26.0 Å². The van der Waals surface area contributed by atoms with Crippen molar-refractivity contribution in [2.45, 2.75) is 13.3 Å². The second-order valence-electron chi connectivity index (χ2n) is 3.03. The van der Waals surface area contributed by atoms with Gasteiger partial charge in [-0.2, -0.15) is 0 Å². The van der Waals surface area contributed by atoms with Crippen LogP contribution in [0.15, 0.2) is 30.3 Å². The average Bonchev–Trinajstić information content (AvgIpc) is 2.06. The van der Waals surface area contributed by atoms with E-state index in [-0.39, 0.29) is 12.4 Å². The minimum atomic E-state index is 0. The molecular formula is C10H16ClN. The van der Waals surface area contributed by atoms with Gasteiger partial charge in [0, 0.05) is 0 Å². The molecule has 1 atom stereocenters. The largest absolute Gasteiger partial charge is 0.330 e. The first kappa shape index (κ1) is 11.5. The molecule has 0 spiro atoms. The molecule has 0 radical (unpaired) electrons. The molecule has 1 aromatic carbocycles. The van der Waals surface area contributed by atoms with E-state index in [1.807, 2.05) is 6.07 Å². The number of rotatable bonds is 3. The predicted molar refractivity (Wildman–Crippen MR) is 55.6 cm³/mol. The highest BCUT2D eigenvalue weighted by Gasteiger charge is 1.98. The van der Waals surface area contributed by atoms with Crippen molar-refractivity contribution >= 4 is 12.4 Å². The minimum absolute atomic E-state index is 0. The van der Waals surface area contributed by atoms with E-state index in [2.05, 4.69) is 31.2 Å². The monoisotopic (exact) mass is 185 g/mol. The number of hydrogen-bond donors (Lipinski definition) is 1. The molecule has 0 fully saturated rings. The molecule has 1 rings (SSSR count). The fourth-order valence-electron chi connectivity index (χ4n) is 1.10. The molecule has 0 saturated carbocycles. The van der Waals surface area contributed by atoms with Crippen molar-refractivity contribution in [3.05, 3.63) is 35.9 Å². The summed E-state index contributed by atoms with van der Waals surface area (Å²) in [5.74, 6) is 0.595. The van der Waals surface area contributed by atoms with E-state index in [4.69, 9.17) is 5.73 Å². The zero-order valence-electron chi connectivity index (χ0n) is 7.36. The van der Waals surface area contributed by atoms with E-state index < -0.39 is 0 Å². The maximum atomic E-state index is 5.52. The summed E-state index contributed by atoms with van der Waals surface area (Å²) in [4.78, 5) is 0. The van der Waals surface area contributed by atoms with E-state index in [0.29, 0.717) is 5.92 Å². The number of benzene rings is 1. The SMILES string of the molecule is C[C@H](CN)Cc1ccccc1.Cl. The molecule has 2 N–H and O–H groups in total. The Bertz CT molecular complexity index is 198. The highest BCUT2D eigenvalue weighted by molar-refractivity contribution is 5.85. The molecule has 0 bridgehead atoms. The molecule has 2 heteroatoms. The smallest absolute Gasteiger partial charge is 0.00483 e. The summed E-state index contributed by atoms with van der Waals surface area (Å²) in [5, 5.41) is 0. The maximum absolute atomic E-state index is 5.52. The van der Waals surface area contributed by atoms with Crippen molar-refractivity contribution < 1.29 is 0 Å². The van der Waals surface area contributed by atoms with Crippen molar-refractivity contribution in [2.24, 2.45) is 11.7 Å². The second kappa shape index (κ2) is 6.04. The molecule has 0 heterocycles. The number of nitrogens with two attached hydrogens (primary N) is 1. The van der Waals surface area contributed by atoms with Crippen LogP contribution < -0.4 is 5.73 Å². The molecule has 0 aromatic heterocycles. The lowest BCUT2D eigenvalue weighted by Gasteiger charge is -2.06. The van der Waals surface area contributed by atoms with Crippen LogP contribution >= 0.6 is 12.4 Å². The summed E-state index contributed by atoms with van der Waals surface area (Å²) >= 11 is 0. The van der Waals surface area contributed by atoms with E-state index in [0.717, 1.165) is 13.0 Å². The quantitative estimate of drug-likeness (QED) is 0.768. The zero-order chi connectivity index (χ0) is 8.10. The fraction of sp³-hybridized carbons (Fsp3) is 0.400. The average molecular weight is 186 g/mol. The molecule has 1 nitrogen and oxygen atoms in total. The van der Waals surface area contributed by atoms with Gasteiger partial charge in [-0.25, -0.2) is 0 Å². The third-order valence-electron chi connectivity index (χ3n) is 1.83. The van der Waals surface area contributed by atoms with Crippen LogP contribution in [-0.4, -0.2) is 6.54 Å². The number of halogens is 1. The van der Waals surface area contributed by atoms with Gasteiger partial charge in [-0.15, -0.1) is 12.4 Å². The van der Waals surface area contributed by atoms with Crippen molar-refractivity contribution in [3.63, 3.8) is 0 Å².